The van der Waals surface area contributed by atoms with Crippen LogP contribution in [-0.2, 0) is 20.9 Å². The van der Waals surface area contributed by atoms with Crippen molar-refractivity contribution in [3.8, 4) is 5.69 Å². The number of amides is 3. The van der Waals surface area contributed by atoms with E-state index in [-0.39, 0.29) is 18.1 Å². The van der Waals surface area contributed by atoms with Gasteiger partial charge in [-0.25, -0.2) is 9.69 Å². The number of aromatic nitrogens is 4. The minimum Gasteiger partial charge on any atom is -0.478 e. The Morgan fingerprint density at radius 2 is 1.75 bits per heavy atom. The van der Waals surface area contributed by atoms with Gasteiger partial charge in [-0.3, -0.25) is 19.4 Å². The highest BCUT2D eigenvalue weighted by Crippen LogP contribution is 2.15. The first-order valence-corrected chi connectivity index (χ1v) is 9.30. The lowest BCUT2D eigenvalue weighted by molar-refractivity contribution is -0.131. The van der Waals surface area contributed by atoms with E-state index in [1.165, 1.54) is 24.3 Å². The van der Waals surface area contributed by atoms with Gasteiger partial charge < -0.3 is 10.4 Å². The minimum absolute atomic E-state index is 0.0658. The number of nitrogens with zero attached hydrogens (tertiary/aromatic N) is 6. The number of aromatic carboxylic acids is 1. The van der Waals surface area contributed by atoms with E-state index >= 15 is 0 Å². The van der Waals surface area contributed by atoms with E-state index in [0.717, 1.165) is 16.6 Å². The van der Waals surface area contributed by atoms with Gasteiger partial charge in [-0.15, -0.1) is 9.90 Å². The molecule has 0 spiro atoms. The van der Waals surface area contributed by atoms with Crippen molar-refractivity contribution in [2.45, 2.75) is 12.6 Å². The van der Waals surface area contributed by atoms with Crippen molar-refractivity contribution in [3.05, 3.63) is 65.7 Å². The fourth-order valence-corrected chi connectivity index (χ4v) is 2.89. The van der Waals surface area contributed by atoms with E-state index in [9.17, 15) is 19.2 Å². The molecule has 2 aromatic carbocycles. The number of carbonyl (C=O) groups excluding carboxylic acids is 3. The van der Waals surface area contributed by atoms with Gasteiger partial charge in [0.05, 0.1) is 17.5 Å². The van der Waals surface area contributed by atoms with Crippen molar-refractivity contribution >= 4 is 35.9 Å². The molecular formula is C20H15N7O5. The molecule has 0 aliphatic carbocycles. The predicted octanol–water partition coefficient (Wildman–Crippen LogP) is -0.0105. The van der Waals surface area contributed by atoms with E-state index in [1.807, 2.05) is 30.3 Å². The molecule has 4 rings (SSSR count). The van der Waals surface area contributed by atoms with Gasteiger partial charge in [-0.1, -0.05) is 35.4 Å². The van der Waals surface area contributed by atoms with Crippen molar-refractivity contribution in [2.75, 3.05) is 4.90 Å². The third kappa shape index (κ3) is 4.09. The Morgan fingerprint density at radius 3 is 2.44 bits per heavy atom. The van der Waals surface area contributed by atoms with Gasteiger partial charge in [-0.2, -0.15) is 0 Å². The Balaban J connectivity index is 1.50. The molecule has 1 aliphatic heterocycles. The van der Waals surface area contributed by atoms with Crippen LogP contribution in [0.2, 0.25) is 0 Å². The van der Waals surface area contributed by atoms with Gasteiger partial charge in [0.1, 0.15) is 0 Å². The van der Waals surface area contributed by atoms with E-state index in [4.69, 9.17) is 5.11 Å². The van der Waals surface area contributed by atoms with Gasteiger partial charge >= 0.3 is 5.97 Å². The number of nitrogens with one attached hydrogen (secondary N) is 1. The lowest BCUT2D eigenvalue weighted by atomic mass is 10.2. The third-order valence-corrected chi connectivity index (χ3v) is 4.51. The lowest BCUT2D eigenvalue weighted by Crippen LogP contribution is -2.53. The number of rotatable bonds is 6. The Hall–Kier alpha value is -4.74. The molecule has 12 heteroatoms. The summed E-state index contributed by atoms with van der Waals surface area (Å²) in [7, 11) is 0. The van der Waals surface area contributed by atoms with Gasteiger partial charge in [0, 0.05) is 6.54 Å². The van der Waals surface area contributed by atoms with Crippen LogP contribution in [0.3, 0.4) is 0 Å². The fraction of sp³-hybridized carbons (Fsp3) is 0.100. The summed E-state index contributed by atoms with van der Waals surface area (Å²) in [5.41, 5.74) is 1.26. The molecule has 3 aromatic rings. The number of benzene rings is 2. The monoisotopic (exact) mass is 433 g/mol. The molecule has 0 saturated heterocycles. The van der Waals surface area contributed by atoms with Crippen molar-refractivity contribution in [2.24, 2.45) is 4.99 Å². The van der Waals surface area contributed by atoms with Crippen LogP contribution in [0.5, 0.6) is 0 Å². The third-order valence-electron chi connectivity index (χ3n) is 4.51. The molecule has 160 valence electrons. The number of hydrogen-bond donors (Lipinski definition) is 2. The van der Waals surface area contributed by atoms with Crippen LogP contribution in [0.15, 0.2) is 59.6 Å². The van der Waals surface area contributed by atoms with E-state index < -0.39 is 29.7 Å². The Morgan fingerprint density at radius 1 is 1.03 bits per heavy atom. The number of anilines is 1. The highest BCUT2D eigenvalue weighted by Gasteiger charge is 2.39. The maximum atomic E-state index is 12.8. The Bertz CT molecular complexity index is 1220. The lowest BCUT2D eigenvalue weighted by Gasteiger charge is -2.22. The van der Waals surface area contributed by atoms with Crippen LogP contribution in [-0.4, -0.2) is 61.3 Å². The molecule has 1 unspecified atom stereocenters. The largest absolute Gasteiger partial charge is 0.478 e. The molecule has 1 aliphatic rings. The molecule has 0 bridgehead atoms. The molecule has 32 heavy (non-hydrogen) atoms. The number of carbonyl (C=O) groups is 4. The first-order chi connectivity index (χ1) is 15.4. The summed E-state index contributed by atoms with van der Waals surface area (Å²) in [5.74, 6) is -3.84. The van der Waals surface area contributed by atoms with Crippen LogP contribution >= 0.6 is 0 Å². The number of tetrazole rings is 1. The zero-order valence-electron chi connectivity index (χ0n) is 16.3. The maximum absolute atomic E-state index is 12.8. The van der Waals surface area contributed by atoms with E-state index in [1.54, 1.807) is 0 Å². The van der Waals surface area contributed by atoms with E-state index in [0.29, 0.717) is 10.6 Å². The summed E-state index contributed by atoms with van der Waals surface area (Å²) >= 11 is 0. The average Bonchev–Trinajstić information content (AvgIpc) is 3.28. The Kier molecular flexibility index (Phi) is 5.49. The van der Waals surface area contributed by atoms with E-state index in [2.05, 4.69) is 25.7 Å². The van der Waals surface area contributed by atoms with Crippen molar-refractivity contribution in [1.82, 2.24) is 25.5 Å². The van der Waals surface area contributed by atoms with Crippen molar-refractivity contribution in [3.63, 3.8) is 0 Å². The zero-order chi connectivity index (χ0) is 22.7. The fourth-order valence-electron chi connectivity index (χ4n) is 2.89. The van der Waals surface area contributed by atoms with Crippen LogP contribution < -0.4 is 10.2 Å². The second-order valence-electron chi connectivity index (χ2n) is 6.63. The summed E-state index contributed by atoms with van der Waals surface area (Å²) in [4.78, 5) is 53.9. The zero-order valence-corrected chi connectivity index (χ0v) is 16.3. The second-order valence-corrected chi connectivity index (χ2v) is 6.63. The van der Waals surface area contributed by atoms with Crippen molar-refractivity contribution < 1.29 is 24.3 Å². The molecule has 2 N–H and O–H groups in total. The summed E-state index contributed by atoms with van der Waals surface area (Å²) < 4.78 is 0. The summed E-state index contributed by atoms with van der Waals surface area (Å²) in [6, 6.07) is 13.2. The minimum atomic E-state index is -1.47. The summed E-state index contributed by atoms with van der Waals surface area (Å²) in [5, 5.41) is 23.1. The molecule has 1 atom stereocenters. The van der Waals surface area contributed by atoms with Gasteiger partial charge in [-0.05, 0) is 35.0 Å². The highest BCUT2D eigenvalue weighted by atomic mass is 16.4. The number of carboxylic acids is 1. The van der Waals surface area contributed by atoms with Crippen LogP contribution in [0, 0.1) is 0 Å². The molecule has 2 heterocycles. The van der Waals surface area contributed by atoms with Crippen LogP contribution in [0.1, 0.15) is 15.9 Å². The molecule has 12 nitrogen and oxygen atoms in total. The topological polar surface area (TPSA) is 160 Å². The standard InChI is InChI=1S/C20H15N7O5/c28-15-11-21-16(17(29)22-10-12-4-2-1-3-5-12)18(30)26(15)20-23-25-27(24-20)14-8-6-13(7-9-14)19(31)32/h1-9,11,16H,10H2,(H,22,29)(H,31,32). The second kappa shape index (κ2) is 8.55. The Labute approximate surface area is 180 Å². The number of imide groups is 1. The van der Waals surface area contributed by atoms with Gasteiger partial charge in [0.15, 0.2) is 0 Å². The number of carboxylic acid groups (broad SMARTS) is 1. The normalized spacial score (nSPS) is 15.6. The first kappa shape index (κ1) is 20.5. The number of aliphatic imine (C=N–C) groups is 1. The predicted molar refractivity (Wildman–Crippen MR) is 109 cm³/mol. The number of hydrogen-bond acceptors (Lipinski definition) is 8. The molecular weight excluding hydrogens is 418 g/mol. The smallest absolute Gasteiger partial charge is 0.335 e. The molecule has 1 aromatic heterocycles. The maximum Gasteiger partial charge on any atom is 0.335 e. The van der Waals surface area contributed by atoms with Gasteiger partial charge in [0.2, 0.25) is 6.04 Å². The first-order valence-electron chi connectivity index (χ1n) is 9.30. The van der Waals surface area contributed by atoms with Crippen LogP contribution in [0.4, 0.5) is 5.95 Å². The molecule has 0 fully saturated rings. The molecule has 0 radical (unpaired) electrons. The van der Waals surface area contributed by atoms with Crippen molar-refractivity contribution in [1.29, 1.82) is 0 Å². The SMILES string of the molecule is O=C(O)c1ccc(-n2nnc(N3C(=O)C=NC(C(=O)NCc4ccccc4)C3=O)n2)cc1. The van der Waals surface area contributed by atoms with Gasteiger partial charge in [0.25, 0.3) is 23.7 Å². The summed E-state index contributed by atoms with van der Waals surface area (Å²) in [6.07, 6.45) is 0.858. The molecule has 3 amide bonds. The summed E-state index contributed by atoms with van der Waals surface area (Å²) in [6.45, 7) is 0.188. The molecule has 0 saturated carbocycles. The average molecular weight is 433 g/mol. The van der Waals surface area contributed by atoms with Crippen LogP contribution in [0.25, 0.3) is 5.69 Å². The quantitative estimate of drug-likeness (QED) is 0.405. The highest BCUT2D eigenvalue weighted by molar-refractivity contribution is 6.43.